The molecule has 1 fully saturated rings. The molecule has 0 bridgehead atoms. The highest BCUT2D eigenvalue weighted by Gasteiger charge is 2.35. The van der Waals surface area contributed by atoms with Gasteiger partial charge < -0.3 is 10.3 Å². The average Bonchev–Trinajstić information content (AvgIpc) is 2.73. The number of rotatable bonds is 20. The van der Waals surface area contributed by atoms with Gasteiger partial charge in [-0.3, -0.25) is 0 Å². The Morgan fingerprint density at radius 1 is 0.552 bits per heavy atom. The molecule has 0 saturated heterocycles. The van der Waals surface area contributed by atoms with Crippen LogP contribution in [0.2, 0.25) is 0 Å². The van der Waals surface area contributed by atoms with Crippen LogP contribution in [-0.2, 0) is 0 Å². The molecule has 1 N–H and O–H groups in total. The first-order valence-electron chi connectivity index (χ1n) is 13.7. The summed E-state index contributed by atoms with van der Waals surface area (Å²) < 4.78 is 0. The van der Waals surface area contributed by atoms with Crippen molar-refractivity contribution < 1.29 is 5.06 Å². The minimum Gasteiger partial charge on any atom is -0.634 e. The van der Waals surface area contributed by atoms with Crippen molar-refractivity contribution in [2.45, 2.75) is 167 Å². The van der Waals surface area contributed by atoms with Gasteiger partial charge in [0.1, 0.15) is 0 Å². The smallest absolute Gasteiger partial charge is 0.0971 e. The fourth-order valence-electron chi connectivity index (χ4n) is 5.37. The van der Waals surface area contributed by atoms with Crippen LogP contribution in [-0.4, -0.2) is 12.6 Å². The van der Waals surface area contributed by atoms with Crippen molar-refractivity contribution in [2.24, 2.45) is 0 Å². The fourth-order valence-corrected chi connectivity index (χ4v) is 5.37. The lowest BCUT2D eigenvalue weighted by molar-refractivity contribution is -0.888. The summed E-state index contributed by atoms with van der Waals surface area (Å²) in [5.41, 5.74) is 0.0767. The van der Waals surface area contributed by atoms with E-state index in [1.165, 1.54) is 154 Å². The Kier molecular flexibility index (Phi) is 17.4. The second-order valence-electron chi connectivity index (χ2n) is 10.2. The van der Waals surface area contributed by atoms with E-state index in [1.807, 2.05) is 7.05 Å². The molecule has 0 heterocycles. The number of hydroxylamine groups is 2. The van der Waals surface area contributed by atoms with Crippen LogP contribution in [0, 0.1) is 5.21 Å². The van der Waals surface area contributed by atoms with Gasteiger partial charge in [0.25, 0.3) is 0 Å². The summed E-state index contributed by atoms with van der Waals surface area (Å²) in [7, 11) is 1.85. The zero-order valence-electron chi connectivity index (χ0n) is 20.4. The predicted octanol–water partition coefficient (Wildman–Crippen LogP) is 8.13. The van der Waals surface area contributed by atoms with Crippen LogP contribution < -0.4 is 5.06 Å². The van der Waals surface area contributed by atoms with E-state index in [2.05, 4.69) is 6.92 Å². The average molecular weight is 410 g/mol. The van der Waals surface area contributed by atoms with E-state index < -0.39 is 0 Å². The molecule has 1 saturated carbocycles. The van der Waals surface area contributed by atoms with Crippen molar-refractivity contribution in [1.82, 2.24) is 0 Å². The molecule has 0 spiro atoms. The minimum atomic E-state index is 0.0767. The number of nitrogens with one attached hydrogen (secondary N) is 1. The molecule has 0 aliphatic heterocycles. The lowest BCUT2D eigenvalue weighted by Crippen LogP contribution is -3.13. The zero-order chi connectivity index (χ0) is 21.0. The zero-order valence-corrected chi connectivity index (χ0v) is 20.4. The van der Waals surface area contributed by atoms with Gasteiger partial charge in [0, 0.05) is 19.3 Å². The van der Waals surface area contributed by atoms with Crippen molar-refractivity contribution in [3.8, 4) is 0 Å². The number of quaternary nitrogens is 1. The molecular formula is C27H55NO. The Labute approximate surface area is 184 Å². The summed E-state index contributed by atoms with van der Waals surface area (Å²) >= 11 is 0. The standard InChI is InChI=1S/C27H55NO/c1-3-4-5-6-7-8-9-10-11-12-13-14-15-16-17-18-19-21-24-27(28(2)29)25-22-20-23-26-27/h28H,3-26H2,1-2H3. The van der Waals surface area contributed by atoms with Crippen LogP contribution in [0.4, 0.5) is 0 Å². The molecule has 174 valence electrons. The first kappa shape index (κ1) is 27.0. The molecule has 2 heteroatoms. The predicted molar refractivity (Wildman–Crippen MR) is 129 cm³/mol. The second kappa shape index (κ2) is 18.7. The monoisotopic (exact) mass is 409 g/mol. The lowest BCUT2D eigenvalue weighted by atomic mass is 9.78. The van der Waals surface area contributed by atoms with Crippen molar-refractivity contribution in [2.75, 3.05) is 7.05 Å². The summed E-state index contributed by atoms with van der Waals surface area (Å²) in [5.74, 6) is 0. The first-order chi connectivity index (χ1) is 14.2. The van der Waals surface area contributed by atoms with E-state index in [0.29, 0.717) is 5.06 Å². The van der Waals surface area contributed by atoms with Gasteiger partial charge in [-0.25, -0.2) is 0 Å². The van der Waals surface area contributed by atoms with E-state index in [4.69, 9.17) is 0 Å². The molecule has 0 amide bonds. The molecule has 0 radical (unpaired) electrons. The van der Waals surface area contributed by atoms with E-state index >= 15 is 0 Å². The van der Waals surface area contributed by atoms with Gasteiger partial charge in [0.05, 0.1) is 12.6 Å². The Hall–Kier alpha value is -0.0800. The molecular weight excluding hydrogens is 354 g/mol. The maximum Gasteiger partial charge on any atom is 0.0971 e. The van der Waals surface area contributed by atoms with Gasteiger partial charge in [0.2, 0.25) is 0 Å². The topological polar surface area (TPSA) is 27.5 Å². The van der Waals surface area contributed by atoms with Crippen LogP contribution in [0.3, 0.4) is 0 Å². The SMILES string of the molecule is CCCCCCCCCCCCCCCCCCCCC1([NH+](C)[O-])CCCCC1. The molecule has 1 unspecified atom stereocenters. The Balaban J connectivity index is 1.79. The molecule has 2 nitrogen and oxygen atoms in total. The van der Waals surface area contributed by atoms with Gasteiger partial charge in [-0.2, -0.15) is 0 Å². The van der Waals surface area contributed by atoms with E-state index in [0.717, 1.165) is 0 Å². The van der Waals surface area contributed by atoms with Crippen LogP contribution in [0.1, 0.15) is 161 Å². The Bertz CT molecular complexity index is 335. The van der Waals surface area contributed by atoms with Crippen molar-refractivity contribution >= 4 is 0 Å². The highest BCUT2D eigenvalue weighted by atomic mass is 16.5. The van der Waals surface area contributed by atoms with Gasteiger partial charge in [-0.1, -0.05) is 122 Å². The van der Waals surface area contributed by atoms with Gasteiger partial charge in [-0.05, 0) is 19.3 Å². The number of hydrogen-bond acceptors (Lipinski definition) is 1. The molecule has 0 aromatic carbocycles. The Morgan fingerprint density at radius 3 is 1.24 bits per heavy atom. The second-order valence-corrected chi connectivity index (χ2v) is 10.2. The molecule has 1 aliphatic carbocycles. The van der Waals surface area contributed by atoms with Crippen LogP contribution in [0.25, 0.3) is 0 Å². The molecule has 0 aromatic heterocycles. The third-order valence-corrected chi connectivity index (χ3v) is 7.57. The minimum absolute atomic E-state index is 0.0767. The van der Waals surface area contributed by atoms with Gasteiger partial charge in [0.15, 0.2) is 0 Å². The maximum absolute atomic E-state index is 12.1. The van der Waals surface area contributed by atoms with Crippen molar-refractivity contribution in [1.29, 1.82) is 0 Å². The number of unbranched alkanes of at least 4 members (excludes halogenated alkanes) is 17. The van der Waals surface area contributed by atoms with Crippen molar-refractivity contribution in [3.05, 3.63) is 5.21 Å². The van der Waals surface area contributed by atoms with Gasteiger partial charge in [-0.15, -0.1) is 0 Å². The molecule has 0 aromatic rings. The quantitative estimate of drug-likeness (QED) is 0.159. The molecule has 1 rings (SSSR count). The van der Waals surface area contributed by atoms with E-state index in [-0.39, 0.29) is 5.54 Å². The molecule has 29 heavy (non-hydrogen) atoms. The number of hydrogen-bond donors (Lipinski definition) is 1. The van der Waals surface area contributed by atoms with Crippen LogP contribution in [0.5, 0.6) is 0 Å². The maximum atomic E-state index is 12.1. The highest BCUT2D eigenvalue weighted by Crippen LogP contribution is 2.30. The normalized spacial score (nSPS) is 17.5. The summed E-state index contributed by atoms with van der Waals surface area (Å²) in [5, 5.41) is 12.6. The van der Waals surface area contributed by atoms with Crippen LogP contribution >= 0.6 is 0 Å². The van der Waals surface area contributed by atoms with Crippen LogP contribution in [0.15, 0.2) is 0 Å². The van der Waals surface area contributed by atoms with Crippen molar-refractivity contribution in [3.63, 3.8) is 0 Å². The van der Waals surface area contributed by atoms with Gasteiger partial charge >= 0.3 is 0 Å². The Morgan fingerprint density at radius 2 is 0.897 bits per heavy atom. The highest BCUT2D eigenvalue weighted by molar-refractivity contribution is 4.82. The molecule has 1 aliphatic rings. The third kappa shape index (κ3) is 13.8. The van der Waals surface area contributed by atoms with E-state index in [9.17, 15) is 5.21 Å². The summed E-state index contributed by atoms with van der Waals surface area (Å²) in [6, 6.07) is 0. The van der Waals surface area contributed by atoms with E-state index in [1.54, 1.807) is 0 Å². The third-order valence-electron chi connectivity index (χ3n) is 7.57. The summed E-state index contributed by atoms with van der Waals surface area (Å²) in [6.45, 7) is 2.30. The summed E-state index contributed by atoms with van der Waals surface area (Å²) in [4.78, 5) is 0. The lowest BCUT2D eigenvalue weighted by Gasteiger charge is -2.44. The molecule has 1 atom stereocenters. The largest absolute Gasteiger partial charge is 0.634 e. The first-order valence-corrected chi connectivity index (χ1v) is 13.7. The fraction of sp³-hybridized carbons (Fsp3) is 1.00. The summed E-state index contributed by atoms with van der Waals surface area (Å²) in [6.07, 6.45) is 33.1.